The Labute approximate surface area is 115 Å². The lowest BCUT2D eigenvalue weighted by Crippen LogP contribution is -2.42. The number of amides is 1. The fourth-order valence-electron chi connectivity index (χ4n) is 1.63. The highest BCUT2D eigenvalue weighted by Crippen LogP contribution is 2.05. The summed E-state index contributed by atoms with van der Waals surface area (Å²) in [4.78, 5) is 37.2. The molecule has 3 N–H and O–H groups in total. The van der Waals surface area contributed by atoms with Crippen LogP contribution in [0.5, 0.6) is 0 Å². The van der Waals surface area contributed by atoms with Crippen molar-refractivity contribution in [1.82, 2.24) is 10.3 Å². The maximum absolute atomic E-state index is 11.8. The molecule has 0 aliphatic carbocycles. The standard InChI is InChI=1S/C13H16N2O5/c1-8-3-2-6-14-10(8)7-11(16)15-9(13(19)20)4-5-12(17)18/h2-3,6,9H,4-5,7H2,1H3,(H,15,16)(H,17,18)(H,19,20)/t9-/m0/s1. The first kappa shape index (κ1) is 15.6. The van der Waals surface area contributed by atoms with E-state index in [0.29, 0.717) is 5.69 Å². The Bertz CT molecular complexity index is 515. The number of nitrogens with one attached hydrogen (secondary N) is 1. The Kier molecular flexibility index (Phi) is 5.64. The van der Waals surface area contributed by atoms with E-state index in [1.54, 1.807) is 25.3 Å². The van der Waals surface area contributed by atoms with Gasteiger partial charge in [-0.25, -0.2) is 4.79 Å². The van der Waals surface area contributed by atoms with Crippen LogP contribution < -0.4 is 5.32 Å². The van der Waals surface area contributed by atoms with Gasteiger partial charge in [0.1, 0.15) is 6.04 Å². The number of hydrogen-bond donors (Lipinski definition) is 3. The summed E-state index contributed by atoms with van der Waals surface area (Å²) < 4.78 is 0. The van der Waals surface area contributed by atoms with Crippen molar-refractivity contribution in [3.05, 3.63) is 29.6 Å². The van der Waals surface area contributed by atoms with Gasteiger partial charge in [0.15, 0.2) is 0 Å². The molecule has 0 aromatic carbocycles. The van der Waals surface area contributed by atoms with Crippen molar-refractivity contribution in [2.24, 2.45) is 0 Å². The first-order valence-electron chi connectivity index (χ1n) is 6.04. The van der Waals surface area contributed by atoms with E-state index in [4.69, 9.17) is 10.2 Å². The zero-order chi connectivity index (χ0) is 15.1. The van der Waals surface area contributed by atoms with E-state index in [2.05, 4.69) is 10.3 Å². The van der Waals surface area contributed by atoms with Crippen LogP contribution in [0.3, 0.4) is 0 Å². The highest BCUT2D eigenvalue weighted by atomic mass is 16.4. The smallest absolute Gasteiger partial charge is 0.326 e. The van der Waals surface area contributed by atoms with Gasteiger partial charge in [0.2, 0.25) is 5.91 Å². The molecule has 0 aliphatic rings. The molecule has 7 heteroatoms. The van der Waals surface area contributed by atoms with E-state index in [1.807, 2.05) is 0 Å². The van der Waals surface area contributed by atoms with Gasteiger partial charge < -0.3 is 15.5 Å². The summed E-state index contributed by atoms with van der Waals surface area (Å²) in [6.07, 6.45) is 1.04. The van der Waals surface area contributed by atoms with Crippen LogP contribution in [0, 0.1) is 6.92 Å². The van der Waals surface area contributed by atoms with Crippen LogP contribution in [0.1, 0.15) is 24.1 Å². The van der Waals surface area contributed by atoms with Crippen LogP contribution in [0.2, 0.25) is 0 Å². The number of carboxylic acid groups (broad SMARTS) is 2. The first-order chi connectivity index (χ1) is 9.40. The molecule has 1 amide bonds. The first-order valence-corrected chi connectivity index (χ1v) is 6.04. The molecule has 108 valence electrons. The molecule has 0 bridgehead atoms. The molecule has 0 saturated carbocycles. The van der Waals surface area contributed by atoms with Gasteiger partial charge in [-0.05, 0) is 25.0 Å². The predicted molar refractivity (Wildman–Crippen MR) is 69.1 cm³/mol. The van der Waals surface area contributed by atoms with Crippen molar-refractivity contribution < 1.29 is 24.6 Å². The van der Waals surface area contributed by atoms with Crippen LogP contribution >= 0.6 is 0 Å². The molecular formula is C13H16N2O5. The topological polar surface area (TPSA) is 117 Å². The Morgan fingerprint density at radius 3 is 2.60 bits per heavy atom. The third-order valence-electron chi connectivity index (χ3n) is 2.73. The van der Waals surface area contributed by atoms with E-state index in [1.165, 1.54) is 0 Å². The van der Waals surface area contributed by atoms with Gasteiger partial charge in [0, 0.05) is 12.6 Å². The molecule has 1 rings (SSSR count). The molecule has 0 radical (unpaired) electrons. The average molecular weight is 280 g/mol. The number of carboxylic acids is 2. The summed E-state index contributed by atoms with van der Waals surface area (Å²) in [5.41, 5.74) is 1.40. The van der Waals surface area contributed by atoms with Crippen LogP contribution in [0.25, 0.3) is 0 Å². The number of carbonyl (C=O) groups is 3. The number of rotatable bonds is 7. The maximum Gasteiger partial charge on any atom is 0.326 e. The highest BCUT2D eigenvalue weighted by Gasteiger charge is 2.21. The third kappa shape index (κ3) is 5.05. The number of nitrogens with zero attached hydrogens (tertiary/aromatic N) is 1. The second kappa shape index (κ2) is 7.22. The maximum atomic E-state index is 11.8. The van der Waals surface area contributed by atoms with Crippen molar-refractivity contribution in [3.8, 4) is 0 Å². The molecule has 0 fully saturated rings. The molecule has 1 aromatic rings. The Balaban J connectivity index is 2.60. The van der Waals surface area contributed by atoms with Gasteiger partial charge in [0.25, 0.3) is 0 Å². The van der Waals surface area contributed by atoms with Gasteiger partial charge in [0.05, 0.1) is 12.1 Å². The minimum absolute atomic E-state index is 0.0382. The largest absolute Gasteiger partial charge is 0.481 e. The van der Waals surface area contributed by atoms with Crippen molar-refractivity contribution in [1.29, 1.82) is 0 Å². The summed E-state index contributed by atoms with van der Waals surface area (Å²) in [5.74, 6) is -2.85. The monoisotopic (exact) mass is 280 g/mol. The molecular weight excluding hydrogens is 264 g/mol. The highest BCUT2D eigenvalue weighted by molar-refractivity contribution is 5.85. The second-order valence-electron chi connectivity index (χ2n) is 4.33. The quantitative estimate of drug-likeness (QED) is 0.664. The van der Waals surface area contributed by atoms with Crippen LogP contribution in [0.4, 0.5) is 0 Å². The molecule has 0 saturated heterocycles. The van der Waals surface area contributed by atoms with Gasteiger partial charge >= 0.3 is 11.9 Å². The van der Waals surface area contributed by atoms with Crippen LogP contribution in [-0.2, 0) is 20.8 Å². The number of hydrogen-bond acceptors (Lipinski definition) is 4. The molecule has 0 unspecified atom stereocenters. The van der Waals surface area contributed by atoms with Gasteiger partial charge in [-0.15, -0.1) is 0 Å². The van der Waals surface area contributed by atoms with E-state index >= 15 is 0 Å². The van der Waals surface area contributed by atoms with Crippen molar-refractivity contribution in [2.75, 3.05) is 0 Å². The van der Waals surface area contributed by atoms with Crippen molar-refractivity contribution in [3.63, 3.8) is 0 Å². The Morgan fingerprint density at radius 2 is 2.05 bits per heavy atom. The summed E-state index contributed by atoms with van der Waals surface area (Å²) in [6, 6.07) is 2.33. The number of aromatic nitrogens is 1. The van der Waals surface area contributed by atoms with Crippen LogP contribution in [0.15, 0.2) is 18.3 Å². The number of aryl methyl sites for hydroxylation is 1. The van der Waals surface area contributed by atoms with Gasteiger partial charge in [-0.1, -0.05) is 6.07 Å². The summed E-state index contributed by atoms with van der Waals surface area (Å²) >= 11 is 0. The van der Waals surface area contributed by atoms with Crippen LogP contribution in [-0.4, -0.2) is 39.1 Å². The molecule has 7 nitrogen and oxygen atoms in total. The van der Waals surface area contributed by atoms with E-state index in [9.17, 15) is 14.4 Å². The fourth-order valence-corrected chi connectivity index (χ4v) is 1.63. The minimum Gasteiger partial charge on any atom is -0.481 e. The second-order valence-corrected chi connectivity index (χ2v) is 4.33. The molecule has 20 heavy (non-hydrogen) atoms. The Hall–Kier alpha value is -2.44. The Morgan fingerprint density at radius 1 is 1.35 bits per heavy atom. The van der Waals surface area contributed by atoms with Gasteiger partial charge in [-0.3, -0.25) is 14.6 Å². The third-order valence-corrected chi connectivity index (χ3v) is 2.73. The van der Waals surface area contributed by atoms with E-state index < -0.39 is 23.9 Å². The molecule has 0 spiro atoms. The van der Waals surface area contributed by atoms with E-state index in [0.717, 1.165) is 5.56 Å². The zero-order valence-corrected chi connectivity index (χ0v) is 11.0. The van der Waals surface area contributed by atoms with Crippen molar-refractivity contribution >= 4 is 17.8 Å². The minimum atomic E-state index is -1.25. The SMILES string of the molecule is Cc1cccnc1CC(=O)N[C@@H](CCC(=O)O)C(=O)O. The lowest BCUT2D eigenvalue weighted by Gasteiger charge is -2.13. The number of pyridine rings is 1. The number of aliphatic carboxylic acids is 2. The molecule has 1 aromatic heterocycles. The molecule has 1 atom stereocenters. The van der Waals surface area contributed by atoms with E-state index in [-0.39, 0.29) is 19.3 Å². The normalized spacial score (nSPS) is 11.7. The van der Waals surface area contributed by atoms with Gasteiger partial charge in [-0.2, -0.15) is 0 Å². The zero-order valence-electron chi connectivity index (χ0n) is 11.0. The van der Waals surface area contributed by atoms with Crippen molar-refractivity contribution in [2.45, 2.75) is 32.2 Å². The fraction of sp³-hybridized carbons (Fsp3) is 0.385. The lowest BCUT2D eigenvalue weighted by atomic mass is 10.1. The summed E-state index contributed by atoms with van der Waals surface area (Å²) in [7, 11) is 0. The number of carbonyl (C=O) groups excluding carboxylic acids is 1. The summed E-state index contributed by atoms with van der Waals surface area (Å²) in [6.45, 7) is 1.80. The average Bonchev–Trinajstić information content (AvgIpc) is 2.36. The molecule has 0 aliphatic heterocycles. The summed E-state index contributed by atoms with van der Waals surface area (Å²) in [5, 5.41) is 19.8. The molecule has 1 heterocycles. The lowest BCUT2D eigenvalue weighted by molar-refractivity contribution is -0.143. The predicted octanol–water partition coefficient (Wildman–Crippen LogP) is 0.367.